The molecule has 7 heteroatoms. The van der Waals surface area contributed by atoms with Gasteiger partial charge in [0.15, 0.2) is 0 Å². The average Bonchev–Trinajstić information content (AvgIpc) is 3.23. The Hall–Kier alpha value is -3.71. The number of anilines is 1. The molecule has 2 aromatic carbocycles. The van der Waals surface area contributed by atoms with Crippen molar-refractivity contribution in [2.75, 3.05) is 19.0 Å². The lowest BCUT2D eigenvalue weighted by Crippen LogP contribution is -2.16. The molecule has 1 amide bonds. The van der Waals surface area contributed by atoms with E-state index >= 15 is 0 Å². The number of rotatable bonds is 6. The van der Waals surface area contributed by atoms with Gasteiger partial charge in [0.2, 0.25) is 0 Å². The van der Waals surface area contributed by atoms with Crippen molar-refractivity contribution in [1.29, 1.82) is 0 Å². The third kappa shape index (κ3) is 5.23. The number of amides is 1. The Morgan fingerprint density at radius 2 is 1.76 bits per heavy atom. The molecule has 0 atom stereocenters. The molecule has 0 aliphatic heterocycles. The minimum Gasteiger partial charge on any atom is -0.497 e. The van der Waals surface area contributed by atoms with Crippen LogP contribution in [0.2, 0.25) is 0 Å². The van der Waals surface area contributed by atoms with E-state index in [1.165, 1.54) is 22.6 Å². The molecule has 0 saturated carbocycles. The molecule has 1 aliphatic rings. The maximum Gasteiger partial charge on any atom is 0.341 e. The number of benzene rings is 2. The fraction of sp³-hybridized carbons (Fsp3) is 0.300. The number of carbonyl (C=O) groups excluding carboxylic acids is 2. The van der Waals surface area contributed by atoms with Crippen LogP contribution >= 0.6 is 11.3 Å². The number of methoxy groups -OCH3 is 1. The molecular formula is C30H30N2O4S. The highest BCUT2D eigenvalue weighted by atomic mass is 32.1. The highest BCUT2D eigenvalue weighted by Gasteiger charge is 2.27. The standard InChI is InChI=1S/C30H30N2O4S/c1-3-36-30(34)27-22-11-6-4-5-7-13-26(22)37-29(27)32-28(33)23-18-25(19-14-16-20(35-2)17-15-19)31-24-12-9-8-10-21(23)24/h8-10,12,14-18H,3-7,11,13H2,1-2H3,(H,32,33). The fourth-order valence-corrected chi connectivity index (χ4v) is 6.14. The molecule has 0 unspecified atom stereocenters. The lowest BCUT2D eigenvalue weighted by molar-refractivity contribution is 0.0526. The third-order valence-corrected chi connectivity index (χ3v) is 7.93. The lowest BCUT2D eigenvalue weighted by Gasteiger charge is -2.12. The SMILES string of the molecule is CCOC(=O)c1c(NC(=O)c2cc(-c3ccc(OC)cc3)nc3ccccc23)sc2c1CCCCCC2. The van der Waals surface area contributed by atoms with Gasteiger partial charge in [-0.1, -0.05) is 31.0 Å². The number of pyridine rings is 1. The molecule has 0 spiro atoms. The van der Waals surface area contributed by atoms with E-state index in [9.17, 15) is 9.59 Å². The number of hydrogen-bond acceptors (Lipinski definition) is 6. The smallest absolute Gasteiger partial charge is 0.341 e. The van der Waals surface area contributed by atoms with Gasteiger partial charge in [-0.2, -0.15) is 0 Å². The first-order valence-corrected chi connectivity index (χ1v) is 13.6. The second-order valence-corrected chi connectivity index (χ2v) is 10.2. The molecule has 2 aromatic heterocycles. The van der Waals surface area contributed by atoms with Gasteiger partial charge in [0.1, 0.15) is 10.8 Å². The number of aryl methyl sites for hydroxylation is 1. The zero-order valence-corrected chi connectivity index (χ0v) is 22.0. The number of nitrogens with zero attached hydrogens (tertiary/aromatic N) is 1. The summed E-state index contributed by atoms with van der Waals surface area (Å²) in [6.45, 7) is 2.09. The summed E-state index contributed by atoms with van der Waals surface area (Å²) in [5, 5.41) is 4.41. The normalized spacial score (nSPS) is 13.4. The quantitative estimate of drug-likeness (QED) is 0.279. The van der Waals surface area contributed by atoms with Crippen LogP contribution in [0.1, 0.15) is 63.8 Å². The fourth-order valence-electron chi connectivity index (χ4n) is 4.87. The maximum absolute atomic E-state index is 13.8. The van der Waals surface area contributed by atoms with Crippen LogP contribution in [-0.2, 0) is 17.6 Å². The van der Waals surface area contributed by atoms with Crippen molar-refractivity contribution < 1.29 is 19.1 Å². The van der Waals surface area contributed by atoms with Gasteiger partial charge in [-0.3, -0.25) is 4.79 Å². The van der Waals surface area contributed by atoms with Gasteiger partial charge in [-0.05, 0) is 74.6 Å². The van der Waals surface area contributed by atoms with Crippen LogP contribution in [-0.4, -0.2) is 30.6 Å². The van der Waals surface area contributed by atoms with Crippen LogP contribution < -0.4 is 10.1 Å². The first-order valence-electron chi connectivity index (χ1n) is 12.8. The van der Waals surface area contributed by atoms with E-state index in [-0.39, 0.29) is 18.5 Å². The number of aromatic nitrogens is 1. The Bertz CT molecular complexity index is 1440. The third-order valence-electron chi connectivity index (χ3n) is 6.72. The van der Waals surface area contributed by atoms with Gasteiger partial charge in [0.25, 0.3) is 5.91 Å². The Kier molecular flexibility index (Phi) is 7.51. The Morgan fingerprint density at radius 1 is 1.00 bits per heavy atom. The Labute approximate surface area is 220 Å². The van der Waals surface area contributed by atoms with Crippen molar-refractivity contribution in [2.24, 2.45) is 0 Å². The predicted molar refractivity (Wildman–Crippen MR) is 148 cm³/mol. The topological polar surface area (TPSA) is 77.5 Å². The van der Waals surface area contributed by atoms with Crippen LogP contribution in [0.15, 0.2) is 54.6 Å². The van der Waals surface area contributed by atoms with Crippen LogP contribution in [0.25, 0.3) is 22.2 Å². The van der Waals surface area contributed by atoms with Crippen LogP contribution in [0, 0.1) is 0 Å². The zero-order chi connectivity index (χ0) is 25.8. The summed E-state index contributed by atoms with van der Waals surface area (Å²) in [5.41, 5.74) is 4.36. The van der Waals surface area contributed by atoms with E-state index in [1.807, 2.05) is 54.6 Å². The van der Waals surface area contributed by atoms with Crippen molar-refractivity contribution in [2.45, 2.75) is 45.4 Å². The van der Waals surface area contributed by atoms with E-state index < -0.39 is 0 Å². The molecule has 1 N–H and O–H groups in total. The molecular weight excluding hydrogens is 484 g/mol. The van der Waals surface area contributed by atoms with Crippen molar-refractivity contribution in [1.82, 2.24) is 4.98 Å². The van der Waals surface area contributed by atoms with Crippen molar-refractivity contribution in [3.8, 4) is 17.0 Å². The van der Waals surface area contributed by atoms with E-state index in [0.29, 0.717) is 21.8 Å². The number of ether oxygens (including phenoxy) is 2. The van der Waals surface area contributed by atoms with E-state index in [2.05, 4.69) is 5.32 Å². The molecule has 0 fully saturated rings. The van der Waals surface area contributed by atoms with Gasteiger partial charge in [0.05, 0.1) is 36.1 Å². The average molecular weight is 515 g/mol. The monoisotopic (exact) mass is 514 g/mol. The molecule has 4 aromatic rings. The molecule has 190 valence electrons. The highest BCUT2D eigenvalue weighted by Crippen LogP contribution is 2.38. The molecule has 1 aliphatic carbocycles. The van der Waals surface area contributed by atoms with Crippen LogP contribution in [0.3, 0.4) is 0 Å². The number of thiophene rings is 1. The summed E-state index contributed by atoms with van der Waals surface area (Å²) >= 11 is 1.51. The summed E-state index contributed by atoms with van der Waals surface area (Å²) in [4.78, 5) is 32.8. The van der Waals surface area contributed by atoms with Gasteiger partial charge in [-0.15, -0.1) is 11.3 Å². The van der Waals surface area contributed by atoms with Gasteiger partial charge in [0, 0.05) is 15.8 Å². The van der Waals surface area contributed by atoms with Crippen molar-refractivity contribution in [3.63, 3.8) is 0 Å². The molecule has 5 rings (SSSR count). The molecule has 2 heterocycles. The summed E-state index contributed by atoms with van der Waals surface area (Å²) in [5.74, 6) is 0.116. The predicted octanol–water partition coefficient (Wildman–Crippen LogP) is 7.06. The molecule has 0 radical (unpaired) electrons. The molecule has 0 bridgehead atoms. The number of para-hydroxylation sites is 1. The van der Waals surface area contributed by atoms with E-state index in [0.717, 1.165) is 59.9 Å². The first kappa shape index (κ1) is 25.0. The first-order chi connectivity index (χ1) is 18.1. The van der Waals surface area contributed by atoms with Gasteiger partial charge in [-0.25, -0.2) is 9.78 Å². The van der Waals surface area contributed by atoms with Gasteiger partial charge >= 0.3 is 5.97 Å². The summed E-state index contributed by atoms with van der Waals surface area (Å²) in [6, 6.07) is 17.0. The molecule has 0 saturated heterocycles. The van der Waals surface area contributed by atoms with Gasteiger partial charge < -0.3 is 14.8 Å². The minimum atomic E-state index is -0.366. The Balaban J connectivity index is 1.56. The molecule has 37 heavy (non-hydrogen) atoms. The highest BCUT2D eigenvalue weighted by molar-refractivity contribution is 7.17. The number of hydrogen-bond donors (Lipinski definition) is 1. The van der Waals surface area contributed by atoms with Crippen LogP contribution in [0.4, 0.5) is 5.00 Å². The van der Waals surface area contributed by atoms with Crippen LogP contribution in [0.5, 0.6) is 5.75 Å². The zero-order valence-electron chi connectivity index (χ0n) is 21.1. The van der Waals surface area contributed by atoms with E-state index in [1.54, 1.807) is 14.0 Å². The minimum absolute atomic E-state index is 0.270. The second-order valence-electron chi connectivity index (χ2n) is 9.10. The van der Waals surface area contributed by atoms with Crippen molar-refractivity contribution in [3.05, 3.63) is 76.2 Å². The molecule has 6 nitrogen and oxygen atoms in total. The maximum atomic E-state index is 13.8. The van der Waals surface area contributed by atoms with Crippen molar-refractivity contribution >= 4 is 39.1 Å². The second kappa shape index (κ2) is 11.1. The lowest BCUT2D eigenvalue weighted by atomic mass is 9.96. The summed E-state index contributed by atoms with van der Waals surface area (Å²) in [6.07, 6.45) is 6.20. The van der Waals surface area contributed by atoms with E-state index in [4.69, 9.17) is 14.5 Å². The summed E-state index contributed by atoms with van der Waals surface area (Å²) in [7, 11) is 1.63. The Morgan fingerprint density at radius 3 is 2.51 bits per heavy atom. The number of fused-ring (bicyclic) bond motifs is 2. The number of esters is 1. The number of carbonyl (C=O) groups is 2. The summed E-state index contributed by atoms with van der Waals surface area (Å²) < 4.78 is 10.7. The number of nitrogens with one attached hydrogen (secondary N) is 1. The largest absolute Gasteiger partial charge is 0.497 e.